The smallest absolute Gasteiger partial charge is 0.210 e. The third-order valence-corrected chi connectivity index (χ3v) is 4.23. The highest BCUT2D eigenvalue weighted by atomic mass is 16.1. The summed E-state index contributed by atoms with van der Waals surface area (Å²) in [6.07, 6.45) is 3.05. The minimum absolute atomic E-state index is 0.202. The maximum atomic E-state index is 11.3. The van der Waals surface area contributed by atoms with E-state index in [4.69, 9.17) is 0 Å². The zero-order valence-electron chi connectivity index (χ0n) is 11.5. The predicted octanol–water partition coefficient (Wildman–Crippen LogP) is 3.76. The lowest BCUT2D eigenvalue weighted by Crippen LogP contribution is -2.35. The number of amides is 1. The number of piperidine rings is 1. The molecule has 0 aromatic heterocycles. The molecule has 20 heavy (non-hydrogen) atoms. The Balaban J connectivity index is 1.85. The molecule has 0 aliphatic carbocycles. The van der Waals surface area contributed by atoms with Gasteiger partial charge in [0, 0.05) is 6.54 Å². The highest BCUT2D eigenvalue weighted by Crippen LogP contribution is 2.38. The maximum Gasteiger partial charge on any atom is 0.210 e. The summed E-state index contributed by atoms with van der Waals surface area (Å²) in [5, 5.41) is 0. The monoisotopic (exact) mass is 265 g/mol. The van der Waals surface area contributed by atoms with Crippen LogP contribution in [0.15, 0.2) is 60.7 Å². The quantitative estimate of drug-likeness (QED) is 0.774. The molecule has 1 aliphatic heterocycles. The van der Waals surface area contributed by atoms with E-state index in [0.29, 0.717) is 5.92 Å². The molecular weight excluding hydrogens is 246 g/mol. The molecule has 1 aliphatic rings. The fourth-order valence-electron chi connectivity index (χ4n) is 3.14. The molecule has 1 amide bonds. The molecule has 2 heteroatoms. The van der Waals surface area contributed by atoms with E-state index in [9.17, 15) is 4.79 Å². The zero-order valence-corrected chi connectivity index (χ0v) is 11.5. The van der Waals surface area contributed by atoms with Crippen LogP contribution in [0, 0.1) is 0 Å². The summed E-state index contributed by atoms with van der Waals surface area (Å²) in [6, 6.07) is 21.2. The molecule has 3 rings (SSSR count). The van der Waals surface area contributed by atoms with Gasteiger partial charge in [-0.15, -0.1) is 0 Å². The predicted molar refractivity (Wildman–Crippen MR) is 80.4 cm³/mol. The van der Waals surface area contributed by atoms with Gasteiger partial charge in [-0.1, -0.05) is 60.7 Å². The second kappa shape index (κ2) is 5.91. The normalized spacial score (nSPS) is 22.5. The van der Waals surface area contributed by atoms with Crippen LogP contribution in [0.2, 0.25) is 0 Å². The highest BCUT2D eigenvalue weighted by molar-refractivity contribution is 5.49. The summed E-state index contributed by atoms with van der Waals surface area (Å²) < 4.78 is 0. The van der Waals surface area contributed by atoms with Gasteiger partial charge in [-0.05, 0) is 29.9 Å². The van der Waals surface area contributed by atoms with Gasteiger partial charge in [0.05, 0.1) is 6.04 Å². The highest BCUT2D eigenvalue weighted by Gasteiger charge is 2.29. The lowest BCUT2D eigenvalue weighted by molar-refractivity contribution is -0.121. The Morgan fingerprint density at radius 3 is 2.10 bits per heavy atom. The number of hydrogen-bond donors (Lipinski definition) is 0. The average Bonchev–Trinajstić information content (AvgIpc) is 2.56. The Bertz CT molecular complexity index is 552. The first-order valence-corrected chi connectivity index (χ1v) is 7.19. The van der Waals surface area contributed by atoms with Crippen molar-refractivity contribution in [2.45, 2.75) is 24.8 Å². The summed E-state index contributed by atoms with van der Waals surface area (Å²) >= 11 is 0. The molecule has 1 saturated heterocycles. The molecule has 0 bridgehead atoms. The Kier molecular flexibility index (Phi) is 3.82. The first-order valence-electron chi connectivity index (χ1n) is 7.19. The van der Waals surface area contributed by atoms with Crippen molar-refractivity contribution in [2.24, 2.45) is 0 Å². The van der Waals surface area contributed by atoms with Gasteiger partial charge >= 0.3 is 0 Å². The fraction of sp³-hybridized carbons (Fsp3) is 0.278. The summed E-state index contributed by atoms with van der Waals surface area (Å²) in [6.45, 7) is 0.836. The zero-order chi connectivity index (χ0) is 13.8. The average molecular weight is 265 g/mol. The Morgan fingerprint density at radius 2 is 1.50 bits per heavy atom. The standard InChI is InChI=1S/C18H19NO/c20-14-19-12-11-17(15-7-3-1-4-8-15)13-18(19)16-9-5-2-6-10-16/h1-10,14,17-18H,11-13H2/t17-,18+/m0/s1. The molecule has 0 N–H and O–H groups in total. The number of rotatable bonds is 3. The topological polar surface area (TPSA) is 20.3 Å². The fourth-order valence-corrected chi connectivity index (χ4v) is 3.14. The molecule has 0 unspecified atom stereocenters. The number of benzene rings is 2. The maximum absolute atomic E-state index is 11.3. The van der Waals surface area contributed by atoms with Gasteiger partial charge in [-0.25, -0.2) is 0 Å². The van der Waals surface area contributed by atoms with Crippen molar-refractivity contribution in [1.29, 1.82) is 0 Å². The molecule has 0 spiro atoms. The van der Waals surface area contributed by atoms with Gasteiger partial charge in [0.1, 0.15) is 0 Å². The van der Waals surface area contributed by atoms with Gasteiger partial charge in [0.2, 0.25) is 6.41 Å². The first kappa shape index (κ1) is 12.9. The summed E-state index contributed by atoms with van der Waals surface area (Å²) in [4.78, 5) is 13.3. The Labute approximate surface area is 120 Å². The van der Waals surface area contributed by atoms with E-state index in [0.717, 1.165) is 25.8 Å². The SMILES string of the molecule is O=CN1CC[C@H](c2ccccc2)C[C@@H]1c1ccccc1. The van der Waals surface area contributed by atoms with Gasteiger partial charge in [-0.2, -0.15) is 0 Å². The van der Waals surface area contributed by atoms with Crippen LogP contribution in [0.5, 0.6) is 0 Å². The lowest BCUT2D eigenvalue weighted by atomic mass is 9.83. The van der Waals surface area contributed by atoms with Crippen LogP contribution in [-0.2, 0) is 4.79 Å². The number of carbonyl (C=O) groups excluding carboxylic acids is 1. The van der Waals surface area contributed by atoms with Crippen molar-refractivity contribution in [2.75, 3.05) is 6.54 Å². The van der Waals surface area contributed by atoms with Gasteiger partial charge < -0.3 is 4.90 Å². The molecule has 0 saturated carbocycles. The molecule has 2 atom stereocenters. The molecule has 102 valence electrons. The van der Waals surface area contributed by atoms with Crippen LogP contribution < -0.4 is 0 Å². The van der Waals surface area contributed by atoms with Crippen molar-refractivity contribution >= 4 is 6.41 Å². The second-order valence-corrected chi connectivity index (χ2v) is 5.40. The molecular formula is C18H19NO. The van der Waals surface area contributed by atoms with Crippen molar-refractivity contribution < 1.29 is 4.79 Å². The van der Waals surface area contributed by atoms with Crippen LogP contribution in [-0.4, -0.2) is 17.9 Å². The van der Waals surface area contributed by atoms with E-state index in [1.165, 1.54) is 11.1 Å². The van der Waals surface area contributed by atoms with Gasteiger partial charge in [0.15, 0.2) is 0 Å². The van der Waals surface area contributed by atoms with E-state index >= 15 is 0 Å². The lowest BCUT2D eigenvalue weighted by Gasteiger charge is -2.37. The van der Waals surface area contributed by atoms with E-state index in [2.05, 4.69) is 42.5 Å². The third kappa shape index (κ3) is 2.60. The first-order chi connectivity index (χ1) is 9.88. The van der Waals surface area contributed by atoms with Crippen molar-refractivity contribution in [3.05, 3.63) is 71.8 Å². The van der Waals surface area contributed by atoms with Gasteiger partial charge in [-0.3, -0.25) is 4.79 Å². The van der Waals surface area contributed by atoms with Crippen LogP contribution in [0.1, 0.15) is 35.9 Å². The number of nitrogens with zero attached hydrogens (tertiary/aromatic N) is 1. The number of hydrogen-bond acceptors (Lipinski definition) is 1. The van der Waals surface area contributed by atoms with Crippen molar-refractivity contribution in [3.8, 4) is 0 Å². The minimum Gasteiger partial charge on any atom is -0.338 e. The van der Waals surface area contributed by atoms with Crippen molar-refractivity contribution in [1.82, 2.24) is 4.90 Å². The molecule has 2 aromatic rings. The molecule has 2 nitrogen and oxygen atoms in total. The number of carbonyl (C=O) groups is 1. The second-order valence-electron chi connectivity index (χ2n) is 5.40. The van der Waals surface area contributed by atoms with Crippen LogP contribution in [0.25, 0.3) is 0 Å². The number of likely N-dealkylation sites (tertiary alicyclic amines) is 1. The van der Waals surface area contributed by atoms with E-state index in [-0.39, 0.29) is 6.04 Å². The van der Waals surface area contributed by atoms with E-state index in [1.54, 1.807) is 0 Å². The molecule has 1 heterocycles. The largest absolute Gasteiger partial charge is 0.338 e. The summed E-state index contributed by atoms with van der Waals surface area (Å²) in [7, 11) is 0. The van der Waals surface area contributed by atoms with Crippen LogP contribution in [0.3, 0.4) is 0 Å². The Morgan fingerprint density at radius 1 is 0.900 bits per heavy atom. The van der Waals surface area contributed by atoms with E-state index in [1.807, 2.05) is 23.1 Å². The molecule has 1 fully saturated rings. The van der Waals surface area contributed by atoms with Crippen LogP contribution in [0.4, 0.5) is 0 Å². The van der Waals surface area contributed by atoms with Gasteiger partial charge in [0.25, 0.3) is 0 Å². The summed E-state index contributed by atoms with van der Waals surface area (Å²) in [5.41, 5.74) is 2.62. The van der Waals surface area contributed by atoms with Crippen molar-refractivity contribution in [3.63, 3.8) is 0 Å². The molecule has 0 radical (unpaired) electrons. The minimum atomic E-state index is 0.202. The molecule has 2 aromatic carbocycles. The Hall–Kier alpha value is -2.09. The van der Waals surface area contributed by atoms with E-state index < -0.39 is 0 Å². The third-order valence-electron chi connectivity index (χ3n) is 4.23. The van der Waals surface area contributed by atoms with Crippen LogP contribution >= 0.6 is 0 Å². The summed E-state index contributed by atoms with van der Waals surface area (Å²) in [5.74, 6) is 0.539.